The molecule has 16 heavy (non-hydrogen) atoms. The molecule has 0 radical (unpaired) electrons. The van der Waals surface area contributed by atoms with E-state index >= 15 is 0 Å². The maximum absolute atomic E-state index is 9.67. The molecule has 0 saturated carbocycles. The fraction of sp³-hybridized carbons (Fsp3) is 0.100. The third-order valence-corrected chi connectivity index (χ3v) is 2.26. The minimum atomic E-state index is -0.151. The fourth-order valence-corrected chi connectivity index (χ4v) is 1.55. The first-order valence-electron chi connectivity index (χ1n) is 4.69. The second-order valence-corrected chi connectivity index (χ2v) is 3.44. The van der Waals surface area contributed by atoms with E-state index in [0.29, 0.717) is 5.69 Å². The number of benzene rings is 1. The van der Waals surface area contributed by atoms with E-state index < -0.39 is 0 Å². The van der Waals surface area contributed by atoms with Crippen LogP contribution in [0.1, 0.15) is 5.56 Å². The number of aryl methyl sites for hydroxylation is 1. The Morgan fingerprint density at radius 2 is 2.25 bits per heavy atom. The summed E-state index contributed by atoms with van der Waals surface area (Å²) >= 11 is 0. The van der Waals surface area contributed by atoms with Gasteiger partial charge in [-0.05, 0) is 12.5 Å². The van der Waals surface area contributed by atoms with Crippen molar-refractivity contribution >= 4 is 22.5 Å². The van der Waals surface area contributed by atoms with Gasteiger partial charge >= 0.3 is 5.96 Å². The number of hydrogen-bond donors (Lipinski definition) is 4. The topological polar surface area (TPSA) is 112 Å². The molecular formula is C10H12N5O+. The Kier molecular flexibility index (Phi) is 2.32. The number of para-hydroxylation sites is 1. The van der Waals surface area contributed by atoms with Gasteiger partial charge in [-0.15, -0.1) is 0 Å². The zero-order valence-electron chi connectivity index (χ0n) is 8.73. The smallest absolute Gasteiger partial charge is 0.403 e. The van der Waals surface area contributed by atoms with Crippen LogP contribution in [-0.4, -0.2) is 16.1 Å². The molecule has 0 saturated heterocycles. The molecule has 6 nitrogen and oxygen atoms in total. The summed E-state index contributed by atoms with van der Waals surface area (Å²) < 4.78 is 0. The number of H-pyrrole nitrogens is 1. The summed E-state index contributed by atoms with van der Waals surface area (Å²) in [6, 6.07) is 5.64. The van der Waals surface area contributed by atoms with Crippen molar-refractivity contribution in [1.29, 1.82) is 0 Å². The maximum atomic E-state index is 9.67. The summed E-state index contributed by atoms with van der Waals surface area (Å²) in [5.41, 5.74) is 7.35. The highest BCUT2D eigenvalue weighted by Gasteiger charge is 2.12. The van der Waals surface area contributed by atoms with Crippen LogP contribution in [0.5, 0.6) is 5.88 Å². The van der Waals surface area contributed by atoms with E-state index in [9.17, 15) is 5.11 Å². The summed E-state index contributed by atoms with van der Waals surface area (Å²) in [6.07, 6.45) is 0. The number of rotatable bonds is 1. The largest absolute Gasteiger partial charge is 0.493 e. The zero-order chi connectivity index (χ0) is 11.7. The number of aromatic nitrogens is 1. The Morgan fingerprint density at radius 3 is 2.94 bits per heavy atom. The normalized spacial score (nSPS) is 11.3. The number of azo groups is 1. The Balaban J connectivity index is 2.65. The zero-order valence-corrected chi connectivity index (χ0v) is 8.73. The molecule has 2 aromatic rings. The van der Waals surface area contributed by atoms with E-state index in [1.54, 1.807) is 0 Å². The molecule has 0 aliphatic heterocycles. The molecule has 0 unspecified atom stereocenters. The number of nitrogens with two attached hydrogens (primary N) is 2. The Morgan fingerprint density at radius 1 is 1.50 bits per heavy atom. The van der Waals surface area contributed by atoms with Crippen LogP contribution in [0.15, 0.2) is 28.4 Å². The SMILES string of the molecule is Cc1cccc2c(N=NC(N)=[NH2+])c(O)[nH]c12. The van der Waals surface area contributed by atoms with Crippen LogP contribution < -0.4 is 11.1 Å². The predicted octanol–water partition coefficient (Wildman–Crippen LogP) is 0.339. The van der Waals surface area contributed by atoms with Crippen LogP contribution >= 0.6 is 0 Å². The second-order valence-electron chi connectivity index (χ2n) is 3.44. The summed E-state index contributed by atoms with van der Waals surface area (Å²) in [5.74, 6) is -0.198. The van der Waals surface area contributed by atoms with Crippen LogP contribution in [0.25, 0.3) is 10.9 Å². The highest BCUT2D eigenvalue weighted by atomic mass is 16.3. The van der Waals surface area contributed by atoms with E-state index in [2.05, 4.69) is 15.2 Å². The van der Waals surface area contributed by atoms with Gasteiger partial charge < -0.3 is 10.1 Å². The third kappa shape index (κ3) is 1.60. The standard InChI is InChI=1S/C10H11N5O/c1-5-3-2-4-6-7(5)13-9(16)8(6)14-15-10(11)12/h2-4,13,16H,1H3,(H3,11,12)/p+1. The Labute approximate surface area is 91.3 Å². The van der Waals surface area contributed by atoms with Crippen molar-refractivity contribution < 1.29 is 10.5 Å². The first kappa shape index (κ1) is 10.2. The molecule has 0 amide bonds. The molecule has 1 aromatic heterocycles. The first-order chi connectivity index (χ1) is 7.59. The van der Waals surface area contributed by atoms with Crippen LogP contribution in [0.4, 0.5) is 5.69 Å². The molecule has 0 fully saturated rings. The molecule has 0 bridgehead atoms. The fourth-order valence-electron chi connectivity index (χ4n) is 1.55. The van der Waals surface area contributed by atoms with Crippen LogP contribution in [-0.2, 0) is 0 Å². The monoisotopic (exact) mass is 218 g/mol. The third-order valence-electron chi connectivity index (χ3n) is 2.26. The first-order valence-corrected chi connectivity index (χ1v) is 4.69. The predicted molar refractivity (Wildman–Crippen MR) is 60.3 cm³/mol. The summed E-state index contributed by atoms with van der Waals surface area (Å²) in [5, 5.41) is 22.9. The van der Waals surface area contributed by atoms with Gasteiger partial charge in [-0.1, -0.05) is 23.3 Å². The molecule has 0 spiro atoms. The van der Waals surface area contributed by atoms with Crippen LogP contribution in [0.2, 0.25) is 0 Å². The van der Waals surface area contributed by atoms with Gasteiger partial charge in [-0.2, -0.15) is 0 Å². The van der Waals surface area contributed by atoms with Crippen molar-refractivity contribution in [1.82, 2.24) is 4.98 Å². The van der Waals surface area contributed by atoms with Crippen molar-refractivity contribution in [3.05, 3.63) is 23.8 Å². The van der Waals surface area contributed by atoms with Gasteiger partial charge in [0.1, 0.15) is 0 Å². The van der Waals surface area contributed by atoms with E-state index in [4.69, 9.17) is 11.1 Å². The Bertz CT molecular complexity index is 584. The van der Waals surface area contributed by atoms with Crippen LogP contribution in [0, 0.1) is 6.92 Å². The molecule has 6 N–H and O–H groups in total. The number of fused-ring (bicyclic) bond motifs is 1. The highest BCUT2D eigenvalue weighted by Crippen LogP contribution is 2.36. The molecule has 2 rings (SSSR count). The van der Waals surface area contributed by atoms with Gasteiger partial charge in [0.2, 0.25) is 5.88 Å². The van der Waals surface area contributed by atoms with E-state index in [-0.39, 0.29) is 11.8 Å². The molecular weight excluding hydrogens is 206 g/mol. The molecule has 0 aliphatic rings. The van der Waals surface area contributed by atoms with Gasteiger partial charge in [0.05, 0.1) is 5.52 Å². The van der Waals surface area contributed by atoms with E-state index in [1.165, 1.54) is 0 Å². The summed E-state index contributed by atoms with van der Waals surface area (Å²) in [4.78, 5) is 2.83. The summed E-state index contributed by atoms with van der Waals surface area (Å²) in [7, 11) is 0. The van der Waals surface area contributed by atoms with Gasteiger partial charge in [0.15, 0.2) is 5.69 Å². The number of aromatic hydroxyl groups is 1. The van der Waals surface area contributed by atoms with Crippen molar-refractivity contribution in [2.24, 2.45) is 16.0 Å². The molecule has 82 valence electrons. The number of nitrogens with zero attached hydrogens (tertiary/aromatic N) is 2. The van der Waals surface area contributed by atoms with Crippen molar-refractivity contribution in [2.45, 2.75) is 6.92 Å². The molecule has 1 aromatic carbocycles. The van der Waals surface area contributed by atoms with E-state index in [1.807, 2.05) is 25.1 Å². The van der Waals surface area contributed by atoms with Gasteiger partial charge in [-0.3, -0.25) is 11.1 Å². The minimum absolute atomic E-state index is 0.0469. The number of hydrogen-bond acceptors (Lipinski definition) is 2. The highest BCUT2D eigenvalue weighted by molar-refractivity contribution is 5.96. The lowest BCUT2D eigenvalue weighted by Gasteiger charge is -1.93. The van der Waals surface area contributed by atoms with Crippen molar-refractivity contribution in [3.63, 3.8) is 0 Å². The molecule has 1 heterocycles. The Hall–Kier alpha value is -2.37. The lowest BCUT2D eigenvalue weighted by Crippen LogP contribution is -2.43. The lowest BCUT2D eigenvalue weighted by atomic mass is 10.1. The number of guanidine groups is 1. The average Bonchev–Trinajstić information content (AvgIpc) is 2.53. The molecule has 6 heteroatoms. The van der Waals surface area contributed by atoms with Crippen molar-refractivity contribution in [3.8, 4) is 5.88 Å². The maximum Gasteiger partial charge on any atom is 0.403 e. The minimum Gasteiger partial charge on any atom is -0.493 e. The second kappa shape index (κ2) is 3.65. The summed E-state index contributed by atoms with van der Waals surface area (Å²) in [6.45, 7) is 1.93. The van der Waals surface area contributed by atoms with Gasteiger partial charge in [0.25, 0.3) is 0 Å². The quantitative estimate of drug-likeness (QED) is 0.314. The van der Waals surface area contributed by atoms with Crippen molar-refractivity contribution in [2.75, 3.05) is 0 Å². The molecule has 0 atom stereocenters. The van der Waals surface area contributed by atoms with Crippen LogP contribution in [0.3, 0.4) is 0 Å². The number of nitrogens with one attached hydrogen (secondary N) is 1. The molecule has 0 aliphatic carbocycles. The van der Waals surface area contributed by atoms with Gasteiger partial charge in [-0.25, -0.2) is 0 Å². The average molecular weight is 218 g/mol. The van der Waals surface area contributed by atoms with E-state index in [0.717, 1.165) is 16.5 Å². The lowest BCUT2D eigenvalue weighted by molar-refractivity contribution is -0.117. The van der Waals surface area contributed by atoms with Gasteiger partial charge in [0, 0.05) is 10.5 Å². The number of aromatic amines is 1.